The van der Waals surface area contributed by atoms with E-state index in [1.54, 1.807) is 36.5 Å². The van der Waals surface area contributed by atoms with Crippen LogP contribution in [0.15, 0.2) is 48.7 Å². The first-order valence-electron chi connectivity index (χ1n) is 5.90. The topological polar surface area (TPSA) is 45.2 Å². The summed E-state index contributed by atoms with van der Waals surface area (Å²) in [6.45, 7) is 0.265. The van der Waals surface area contributed by atoms with Crippen molar-refractivity contribution in [1.29, 1.82) is 0 Å². The summed E-state index contributed by atoms with van der Waals surface area (Å²) in [5.41, 5.74) is 1.70. The summed E-state index contributed by atoms with van der Waals surface area (Å²) < 4.78 is 18.8. The molecule has 96 valence electrons. The van der Waals surface area contributed by atoms with Gasteiger partial charge in [-0.25, -0.2) is 4.39 Å². The predicted molar refractivity (Wildman–Crippen MR) is 70.7 cm³/mol. The molecule has 0 unspecified atom stereocenters. The fourth-order valence-corrected chi connectivity index (χ4v) is 2.00. The summed E-state index contributed by atoms with van der Waals surface area (Å²) in [5, 5.41) is 10.4. The van der Waals surface area contributed by atoms with E-state index in [4.69, 9.17) is 4.74 Å². The Morgan fingerprint density at radius 1 is 1.16 bits per heavy atom. The van der Waals surface area contributed by atoms with Gasteiger partial charge in [0, 0.05) is 22.7 Å². The molecule has 0 aliphatic carbocycles. The van der Waals surface area contributed by atoms with Gasteiger partial charge in [-0.05, 0) is 30.3 Å². The fourth-order valence-electron chi connectivity index (χ4n) is 2.00. The normalized spacial score (nSPS) is 10.8. The number of ether oxygens (including phenoxy) is 1. The summed E-state index contributed by atoms with van der Waals surface area (Å²) in [4.78, 5) is 3.06. The SMILES string of the molecule is Oc1ccccc1OCc1c[nH]c2ccc(F)cc12. The van der Waals surface area contributed by atoms with Crippen molar-refractivity contribution >= 4 is 10.9 Å². The number of rotatable bonds is 3. The van der Waals surface area contributed by atoms with Crippen LogP contribution in [0.5, 0.6) is 11.5 Å². The molecule has 19 heavy (non-hydrogen) atoms. The van der Waals surface area contributed by atoms with Crippen LogP contribution >= 0.6 is 0 Å². The number of aromatic amines is 1. The lowest BCUT2D eigenvalue weighted by Gasteiger charge is -2.06. The Kier molecular flexibility index (Phi) is 2.83. The van der Waals surface area contributed by atoms with Gasteiger partial charge in [-0.3, -0.25) is 0 Å². The molecule has 0 atom stereocenters. The maximum Gasteiger partial charge on any atom is 0.161 e. The number of phenolic OH excluding ortho intramolecular Hbond substituents is 1. The lowest BCUT2D eigenvalue weighted by atomic mass is 10.2. The average Bonchev–Trinajstić information content (AvgIpc) is 2.80. The van der Waals surface area contributed by atoms with Gasteiger partial charge < -0.3 is 14.8 Å². The van der Waals surface area contributed by atoms with E-state index in [1.165, 1.54) is 12.1 Å². The van der Waals surface area contributed by atoms with Gasteiger partial charge in [-0.15, -0.1) is 0 Å². The second-order valence-electron chi connectivity index (χ2n) is 4.26. The number of aromatic nitrogens is 1. The molecule has 2 aromatic carbocycles. The lowest BCUT2D eigenvalue weighted by molar-refractivity contribution is 0.290. The highest BCUT2D eigenvalue weighted by Gasteiger charge is 2.07. The number of hydrogen-bond acceptors (Lipinski definition) is 2. The standard InChI is InChI=1S/C15H12FNO2/c16-11-5-6-13-12(7-11)10(8-17-13)9-19-15-4-2-1-3-14(15)18/h1-8,17-18H,9H2. The molecule has 1 aromatic heterocycles. The van der Waals surface area contributed by atoms with Gasteiger partial charge in [0.15, 0.2) is 11.5 Å². The molecule has 0 saturated heterocycles. The van der Waals surface area contributed by atoms with Gasteiger partial charge in [-0.2, -0.15) is 0 Å². The van der Waals surface area contributed by atoms with Crippen LogP contribution in [0, 0.1) is 5.82 Å². The zero-order valence-electron chi connectivity index (χ0n) is 10.1. The molecule has 0 aliphatic rings. The molecule has 2 N–H and O–H groups in total. The van der Waals surface area contributed by atoms with E-state index >= 15 is 0 Å². The number of H-pyrrole nitrogens is 1. The third-order valence-corrected chi connectivity index (χ3v) is 2.98. The molecule has 0 fully saturated rings. The van der Waals surface area contributed by atoms with Gasteiger partial charge in [0.05, 0.1) is 0 Å². The zero-order valence-corrected chi connectivity index (χ0v) is 10.1. The maximum atomic E-state index is 13.2. The minimum absolute atomic E-state index is 0.0912. The van der Waals surface area contributed by atoms with Crippen LogP contribution in [0.25, 0.3) is 10.9 Å². The number of benzene rings is 2. The van der Waals surface area contributed by atoms with E-state index in [9.17, 15) is 9.50 Å². The van der Waals surface area contributed by atoms with Crippen LogP contribution < -0.4 is 4.74 Å². The molecule has 3 rings (SSSR count). The number of hydrogen-bond donors (Lipinski definition) is 2. The minimum Gasteiger partial charge on any atom is -0.504 e. The number of aromatic hydroxyl groups is 1. The highest BCUT2D eigenvalue weighted by atomic mass is 19.1. The molecule has 3 aromatic rings. The molecular weight excluding hydrogens is 245 g/mol. The third kappa shape index (κ3) is 2.25. The third-order valence-electron chi connectivity index (χ3n) is 2.98. The highest BCUT2D eigenvalue weighted by Crippen LogP contribution is 2.27. The molecular formula is C15H12FNO2. The quantitative estimate of drug-likeness (QED) is 0.753. The first kappa shape index (κ1) is 11.6. The molecule has 3 nitrogen and oxygen atoms in total. The largest absolute Gasteiger partial charge is 0.504 e. The van der Waals surface area contributed by atoms with Crippen LogP contribution in [-0.2, 0) is 6.61 Å². The summed E-state index contributed by atoms with van der Waals surface area (Å²) in [6.07, 6.45) is 1.78. The molecule has 0 radical (unpaired) electrons. The predicted octanol–water partition coefficient (Wildman–Crippen LogP) is 3.59. The van der Waals surface area contributed by atoms with Crippen molar-refractivity contribution in [1.82, 2.24) is 4.98 Å². The van der Waals surface area contributed by atoms with E-state index in [0.29, 0.717) is 5.75 Å². The van der Waals surface area contributed by atoms with Gasteiger partial charge in [-0.1, -0.05) is 12.1 Å². The Morgan fingerprint density at radius 3 is 2.84 bits per heavy atom. The van der Waals surface area contributed by atoms with E-state index in [0.717, 1.165) is 16.5 Å². The van der Waals surface area contributed by atoms with Crippen LogP contribution in [0.3, 0.4) is 0 Å². The second kappa shape index (κ2) is 4.65. The van der Waals surface area contributed by atoms with Crippen molar-refractivity contribution in [3.05, 3.63) is 60.0 Å². The van der Waals surface area contributed by atoms with Gasteiger partial charge in [0.25, 0.3) is 0 Å². The summed E-state index contributed by atoms with van der Waals surface area (Å²) in [7, 11) is 0. The van der Waals surface area contributed by atoms with E-state index in [-0.39, 0.29) is 18.2 Å². The highest BCUT2D eigenvalue weighted by molar-refractivity contribution is 5.83. The van der Waals surface area contributed by atoms with Gasteiger partial charge in [0.1, 0.15) is 12.4 Å². The van der Waals surface area contributed by atoms with Gasteiger partial charge >= 0.3 is 0 Å². The van der Waals surface area contributed by atoms with Gasteiger partial charge in [0.2, 0.25) is 0 Å². The Hall–Kier alpha value is -2.49. The Bertz CT molecular complexity index is 721. The number of fused-ring (bicyclic) bond motifs is 1. The van der Waals surface area contributed by atoms with Crippen molar-refractivity contribution in [2.45, 2.75) is 6.61 Å². The van der Waals surface area contributed by atoms with Crippen LogP contribution in [0.1, 0.15) is 5.56 Å². The average molecular weight is 257 g/mol. The summed E-state index contributed by atoms with van der Waals surface area (Å²) >= 11 is 0. The molecule has 0 spiro atoms. The molecule has 0 amide bonds. The molecule has 0 saturated carbocycles. The van der Waals surface area contributed by atoms with Crippen molar-refractivity contribution in [3.8, 4) is 11.5 Å². The van der Waals surface area contributed by atoms with E-state index in [1.807, 2.05) is 0 Å². The molecule has 4 heteroatoms. The van der Waals surface area contributed by atoms with Crippen LogP contribution in [0.4, 0.5) is 4.39 Å². The number of phenols is 1. The maximum absolute atomic E-state index is 13.2. The monoisotopic (exact) mass is 257 g/mol. The number of halogens is 1. The second-order valence-corrected chi connectivity index (χ2v) is 4.26. The number of nitrogens with one attached hydrogen (secondary N) is 1. The molecule has 1 heterocycles. The Labute approximate surface area is 109 Å². The zero-order chi connectivity index (χ0) is 13.2. The minimum atomic E-state index is -0.282. The first-order chi connectivity index (χ1) is 9.24. The van der Waals surface area contributed by atoms with E-state index in [2.05, 4.69) is 4.98 Å². The van der Waals surface area contributed by atoms with Crippen LogP contribution in [0.2, 0.25) is 0 Å². The molecule has 0 bridgehead atoms. The van der Waals surface area contributed by atoms with Crippen LogP contribution in [-0.4, -0.2) is 10.1 Å². The fraction of sp³-hybridized carbons (Fsp3) is 0.0667. The van der Waals surface area contributed by atoms with Crippen molar-refractivity contribution < 1.29 is 14.2 Å². The van der Waals surface area contributed by atoms with E-state index < -0.39 is 0 Å². The summed E-state index contributed by atoms with van der Waals surface area (Å²) in [5.74, 6) is 0.220. The number of para-hydroxylation sites is 2. The lowest BCUT2D eigenvalue weighted by Crippen LogP contribution is -1.94. The smallest absolute Gasteiger partial charge is 0.161 e. The Balaban J connectivity index is 1.86. The van der Waals surface area contributed by atoms with Crippen molar-refractivity contribution in [3.63, 3.8) is 0 Å². The van der Waals surface area contributed by atoms with Crippen molar-refractivity contribution in [2.75, 3.05) is 0 Å². The Morgan fingerprint density at radius 2 is 2.00 bits per heavy atom. The first-order valence-corrected chi connectivity index (χ1v) is 5.90. The van der Waals surface area contributed by atoms with Crippen molar-refractivity contribution in [2.24, 2.45) is 0 Å². The molecule has 0 aliphatic heterocycles. The summed E-state index contributed by atoms with van der Waals surface area (Å²) in [6, 6.07) is 11.3.